The molecule has 0 aliphatic rings. The van der Waals surface area contributed by atoms with Crippen LogP contribution in [0.1, 0.15) is 10.4 Å². The minimum Gasteiger partial charge on any atom is -0.405 e. The summed E-state index contributed by atoms with van der Waals surface area (Å²) in [6.45, 7) is 1.26. The van der Waals surface area contributed by atoms with Crippen molar-refractivity contribution in [3.63, 3.8) is 0 Å². The second kappa shape index (κ2) is 7.13. The van der Waals surface area contributed by atoms with E-state index < -0.39 is 6.36 Å². The molecule has 2 rings (SSSR count). The monoisotopic (exact) mass is 443 g/mol. The number of hydrogen-bond acceptors (Lipinski definition) is 3. The second-order valence-corrected chi connectivity index (χ2v) is 7.52. The van der Waals surface area contributed by atoms with Gasteiger partial charge in [0.1, 0.15) is 5.75 Å². The molecule has 1 N–H and O–H groups in total. The van der Waals surface area contributed by atoms with Gasteiger partial charge in [-0.05, 0) is 61.7 Å². The minimum atomic E-state index is -4.69. The van der Waals surface area contributed by atoms with E-state index in [4.69, 9.17) is 0 Å². The van der Waals surface area contributed by atoms with E-state index in [1.54, 1.807) is 23.5 Å². The lowest BCUT2D eigenvalue weighted by Crippen LogP contribution is -2.17. The molecule has 0 amide bonds. The molecule has 0 fully saturated rings. The Labute approximate surface area is 140 Å². The van der Waals surface area contributed by atoms with Gasteiger partial charge in [-0.2, -0.15) is 0 Å². The summed E-state index contributed by atoms with van der Waals surface area (Å²) in [6.07, 6.45) is -4.69. The fraction of sp³-hybridized carbons (Fsp3) is 0.231. The SMILES string of the molecule is FC(F)(F)Oc1ccc(CNCc2ccc(Br)s2)cc1Br. The van der Waals surface area contributed by atoms with E-state index in [-0.39, 0.29) is 10.2 Å². The number of rotatable bonds is 5. The van der Waals surface area contributed by atoms with E-state index in [1.807, 2.05) is 12.1 Å². The van der Waals surface area contributed by atoms with E-state index in [0.29, 0.717) is 13.1 Å². The highest BCUT2D eigenvalue weighted by Crippen LogP contribution is 2.31. The summed E-state index contributed by atoms with van der Waals surface area (Å²) >= 11 is 8.11. The maximum absolute atomic E-state index is 12.2. The van der Waals surface area contributed by atoms with Crippen molar-refractivity contribution < 1.29 is 17.9 Å². The molecule has 0 spiro atoms. The number of ether oxygens (including phenoxy) is 1. The van der Waals surface area contributed by atoms with E-state index in [1.165, 1.54) is 10.9 Å². The van der Waals surface area contributed by atoms with Crippen LogP contribution < -0.4 is 10.1 Å². The van der Waals surface area contributed by atoms with Gasteiger partial charge in [-0.15, -0.1) is 24.5 Å². The maximum atomic E-state index is 12.2. The van der Waals surface area contributed by atoms with Crippen LogP contribution in [0.5, 0.6) is 5.75 Å². The third kappa shape index (κ3) is 5.61. The molecule has 0 saturated heterocycles. The predicted molar refractivity (Wildman–Crippen MR) is 83.4 cm³/mol. The second-order valence-electron chi connectivity index (χ2n) is 4.12. The van der Waals surface area contributed by atoms with Crippen LogP contribution in [0, 0.1) is 0 Å². The van der Waals surface area contributed by atoms with E-state index in [2.05, 4.69) is 41.9 Å². The lowest BCUT2D eigenvalue weighted by atomic mass is 10.2. The molecule has 1 aromatic carbocycles. The van der Waals surface area contributed by atoms with Crippen molar-refractivity contribution in [2.75, 3.05) is 0 Å². The van der Waals surface area contributed by atoms with Crippen LogP contribution in [-0.2, 0) is 13.1 Å². The number of hydrogen-bond donors (Lipinski definition) is 1. The smallest absolute Gasteiger partial charge is 0.405 e. The molecule has 0 radical (unpaired) electrons. The molecule has 0 unspecified atom stereocenters. The van der Waals surface area contributed by atoms with Gasteiger partial charge in [-0.25, -0.2) is 0 Å². The van der Waals surface area contributed by atoms with E-state index in [9.17, 15) is 13.2 Å². The first-order valence-corrected chi connectivity index (χ1v) is 8.23. The van der Waals surface area contributed by atoms with Gasteiger partial charge in [0.25, 0.3) is 0 Å². The summed E-state index contributed by atoms with van der Waals surface area (Å²) < 4.78 is 41.7. The van der Waals surface area contributed by atoms with Crippen LogP contribution in [0.3, 0.4) is 0 Å². The first-order valence-electron chi connectivity index (χ1n) is 5.82. The largest absolute Gasteiger partial charge is 0.573 e. The highest BCUT2D eigenvalue weighted by Gasteiger charge is 2.31. The molecular formula is C13H10Br2F3NOS. The Morgan fingerprint density at radius 1 is 1.10 bits per heavy atom. The summed E-state index contributed by atoms with van der Waals surface area (Å²) in [7, 11) is 0. The first-order chi connectivity index (χ1) is 9.83. The number of halogens is 5. The van der Waals surface area contributed by atoms with Gasteiger partial charge in [-0.3, -0.25) is 0 Å². The van der Waals surface area contributed by atoms with Crippen LogP contribution >= 0.6 is 43.2 Å². The fourth-order valence-corrected chi connectivity index (χ4v) is 3.60. The number of benzene rings is 1. The van der Waals surface area contributed by atoms with Crippen molar-refractivity contribution >= 4 is 43.2 Å². The lowest BCUT2D eigenvalue weighted by molar-refractivity contribution is -0.274. The van der Waals surface area contributed by atoms with Gasteiger partial charge >= 0.3 is 6.36 Å². The Hall–Kier alpha value is -0.570. The molecule has 2 aromatic rings. The molecule has 2 nitrogen and oxygen atoms in total. The number of alkyl halides is 3. The van der Waals surface area contributed by atoms with Gasteiger partial charge in [0, 0.05) is 18.0 Å². The zero-order valence-corrected chi connectivity index (χ0v) is 14.5. The Balaban J connectivity index is 1.91. The molecule has 8 heteroatoms. The van der Waals surface area contributed by atoms with Crippen LogP contribution in [0.2, 0.25) is 0 Å². The van der Waals surface area contributed by atoms with Crippen LogP contribution in [0.4, 0.5) is 13.2 Å². The van der Waals surface area contributed by atoms with Crippen molar-refractivity contribution in [3.05, 3.63) is 49.0 Å². The van der Waals surface area contributed by atoms with Crippen molar-refractivity contribution in [2.24, 2.45) is 0 Å². The molecule has 0 aliphatic carbocycles. The quantitative estimate of drug-likeness (QED) is 0.660. The Morgan fingerprint density at radius 2 is 1.86 bits per heavy atom. The lowest BCUT2D eigenvalue weighted by Gasteiger charge is -2.11. The summed E-state index contributed by atoms with van der Waals surface area (Å²) in [5, 5.41) is 3.23. The van der Waals surface area contributed by atoms with Crippen LogP contribution in [0.25, 0.3) is 0 Å². The molecule has 114 valence electrons. The van der Waals surface area contributed by atoms with Crippen molar-refractivity contribution in [2.45, 2.75) is 19.5 Å². The van der Waals surface area contributed by atoms with Crippen LogP contribution in [0.15, 0.2) is 38.6 Å². The summed E-state index contributed by atoms with van der Waals surface area (Å²) in [5.74, 6) is -0.242. The zero-order valence-electron chi connectivity index (χ0n) is 10.5. The average Bonchev–Trinajstić information content (AvgIpc) is 2.77. The normalized spacial score (nSPS) is 11.7. The third-order valence-electron chi connectivity index (χ3n) is 2.48. The molecule has 0 atom stereocenters. The van der Waals surface area contributed by atoms with Crippen molar-refractivity contribution in [1.29, 1.82) is 0 Å². The van der Waals surface area contributed by atoms with E-state index >= 15 is 0 Å². The Kier molecular flexibility index (Phi) is 5.70. The molecule has 0 bridgehead atoms. The topological polar surface area (TPSA) is 21.3 Å². The predicted octanol–water partition coefficient (Wildman–Crippen LogP) is 5.46. The highest BCUT2D eigenvalue weighted by atomic mass is 79.9. The van der Waals surface area contributed by atoms with Gasteiger partial charge in [0.2, 0.25) is 0 Å². The summed E-state index contributed by atoms with van der Waals surface area (Å²) in [4.78, 5) is 1.18. The highest BCUT2D eigenvalue weighted by molar-refractivity contribution is 9.11. The van der Waals surface area contributed by atoms with Gasteiger partial charge in [0.05, 0.1) is 8.26 Å². The van der Waals surface area contributed by atoms with Crippen LogP contribution in [-0.4, -0.2) is 6.36 Å². The van der Waals surface area contributed by atoms with Crippen molar-refractivity contribution in [3.8, 4) is 5.75 Å². The molecule has 1 aromatic heterocycles. The molecule has 0 saturated carbocycles. The molecular weight excluding hydrogens is 435 g/mol. The minimum absolute atomic E-state index is 0.242. The van der Waals surface area contributed by atoms with E-state index in [0.717, 1.165) is 9.35 Å². The molecule has 1 heterocycles. The Bertz CT molecular complexity index is 616. The maximum Gasteiger partial charge on any atom is 0.573 e. The fourth-order valence-electron chi connectivity index (χ4n) is 1.64. The average molecular weight is 445 g/mol. The zero-order chi connectivity index (χ0) is 15.5. The third-order valence-corrected chi connectivity index (χ3v) is 4.72. The van der Waals surface area contributed by atoms with Gasteiger partial charge < -0.3 is 10.1 Å². The molecule has 0 aliphatic heterocycles. The van der Waals surface area contributed by atoms with Gasteiger partial charge in [-0.1, -0.05) is 6.07 Å². The standard InChI is InChI=1S/C13H10Br2F3NOS/c14-10-5-8(1-3-11(10)20-13(16,17)18)6-19-7-9-2-4-12(15)21-9/h1-5,19H,6-7H2. The molecule has 21 heavy (non-hydrogen) atoms. The van der Waals surface area contributed by atoms with Gasteiger partial charge in [0.15, 0.2) is 0 Å². The number of nitrogens with one attached hydrogen (secondary N) is 1. The summed E-state index contributed by atoms with van der Waals surface area (Å²) in [6, 6.07) is 8.50. The summed E-state index contributed by atoms with van der Waals surface area (Å²) in [5.41, 5.74) is 0.868. The Morgan fingerprint density at radius 3 is 2.43 bits per heavy atom. The first kappa shape index (κ1) is 16.8. The van der Waals surface area contributed by atoms with Crippen molar-refractivity contribution in [1.82, 2.24) is 5.32 Å². The number of thiophene rings is 1.